The minimum absolute atomic E-state index is 0.0885. The van der Waals surface area contributed by atoms with Crippen LogP contribution >= 0.6 is 0 Å². The predicted octanol–water partition coefficient (Wildman–Crippen LogP) is 2.87. The highest BCUT2D eigenvalue weighted by Gasteiger charge is 2.17. The monoisotopic (exact) mass is 270 g/mol. The molecule has 0 unspecified atom stereocenters. The molecule has 3 aromatic rings. The van der Waals surface area contributed by atoms with Gasteiger partial charge in [-0.1, -0.05) is 12.1 Å². The fourth-order valence-electron chi connectivity index (χ4n) is 2.66. The zero-order chi connectivity index (χ0) is 14.3. The molecule has 0 aliphatic heterocycles. The van der Waals surface area contributed by atoms with Crippen LogP contribution in [0.1, 0.15) is 21.6 Å². The summed E-state index contributed by atoms with van der Waals surface area (Å²) in [4.78, 5) is 18.5. The summed E-state index contributed by atoms with van der Waals surface area (Å²) in [5, 5.41) is 11.1. The molecule has 2 N–H and O–H groups in total. The standard InChI is InChI=1S/C15H14N2O3/c1-8-12-11(6-16-14(8)15(18)19)17-10-5-3-4-9(7-20-2)13(10)12/h3-6,17H,7H2,1-2H3,(H,18,19). The van der Waals surface area contributed by atoms with E-state index in [2.05, 4.69) is 9.97 Å². The number of aryl methyl sites for hydroxylation is 1. The number of rotatable bonds is 3. The number of nitrogens with zero attached hydrogens (tertiary/aromatic N) is 1. The van der Waals surface area contributed by atoms with E-state index < -0.39 is 5.97 Å². The lowest BCUT2D eigenvalue weighted by molar-refractivity contribution is 0.0690. The first-order valence-electron chi connectivity index (χ1n) is 6.24. The van der Waals surface area contributed by atoms with Crippen molar-refractivity contribution in [2.75, 3.05) is 7.11 Å². The van der Waals surface area contributed by atoms with Crippen LogP contribution in [-0.2, 0) is 11.3 Å². The number of hydrogen-bond acceptors (Lipinski definition) is 3. The van der Waals surface area contributed by atoms with Gasteiger partial charge >= 0.3 is 5.97 Å². The SMILES string of the molecule is COCc1cccc2[nH]c3cnc(C(=O)O)c(C)c3c12. The molecule has 5 heteroatoms. The van der Waals surface area contributed by atoms with Crippen molar-refractivity contribution in [1.82, 2.24) is 9.97 Å². The lowest BCUT2D eigenvalue weighted by Gasteiger charge is -2.05. The van der Waals surface area contributed by atoms with Crippen LogP contribution < -0.4 is 0 Å². The van der Waals surface area contributed by atoms with Gasteiger partial charge in [-0.15, -0.1) is 0 Å². The van der Waals surface area contributed by atoms with Crippen molar-refractivity contribution < 1.29 is 14.6 Å². The molecule has 3 rings (SSSR count). The Morgan fingerprint density at radius 3 is 2.85 bits per heavy atom. The minimum atomic E-state index is -1.01. The second kappa shape index (κ2) is 4.61. The summed E-state index contributed by atoms with van der Waals surface area (Å²) in [6, 6.07) is 5.90. The zero-order valence-electron chi connectivity index (χ0n) is 11.2. The fourth-order valence-corrected chi connectivity index (χ4v) is 2.66. The Labute approximate surface area is 115 Å². The van der Waals surface area contributed by atoms with Gasteiger partial charge in [-0.3, -0.25) is 0 Å². The predicted molar refractivity (Wildman–Crippen MR) is 76.0 cm³/mol. The molecule has 5 nitrogen and oxygen atoms in total. The summed E-state index contributed by atoms with van der Waals surface area (Å²) in [5.41, 5.74) is 3.59. The molecular formula is C15H14N2O3. The molecule has 0 bridgehead atoms. The number of benzene rings is 1. The number of carboxylic acid groups (broad SMARTS) is 1. The van der Waals surface area contributed by atoms with Gasteiger partial charge < -0.3 is 14.8 Å². The van der Waals surface area contributed by atoms with E-state index in [1.54, 1.807) is 20.2 Å². The largest absolute Gasteiger partial charge is 0.477 e. The average molecular weight is 270 g/mol. The number of ether oxygens (including phenoxy) is 1. The number of hydrogen-bond donors (Lipinski definition) is 2. The third-order valence-electron chi connectivity index (χ3n) is 3.49. The molecule has 0 spiro atoms. The number of carbonyl (C=O) groups is 1. The van der Waals surface area contributed by atoms with Gasteiger partial charge in [0.2, 0.25) is 0 Å². The third kappa shape index (κ3) is 1.75. The van der Waals surface area contributed by atoms with Crippen molar-refractivity contribution >= 4 is 27.8 Å². The Kier molecular flexibility index (Phi) is 2.91. The number of aromatic nitrogens is 2. The maximum Gasteiger partial charge on any atom is 0.354 e. The number of aromatic amines is 1. The van der Waals surface area contributed by atoms with E-state index in [1.165, 1.54) is 0 Å². The molecular weight excluding hydrogens is 256 g/mol. The molecule has 2 aromatic heterocycles. The quantitative estimate of drug-likeness (QED) is 0.767. The van der Waals surface area contributed by atoms with Crippen molar-refractivity contribution in [3.8, 4) is 0 Å². The zero-order valence-corrected chi connectivity index (χ0v) is 11.2. The summed E-state index contributed by atoms with van der Waals surface area (Å²) < 4.78 is 5.23. The fraction of sp³-hybridized carbons (Fsp3) is 0.200. The lowest BCUT2D eigenvalue weighted by atomic mass is 10.0. The van der Waals surface area contributed by atoms with Crippen LogP contribution in [0.2, 0.25) is 0 Å². The highest BCUT2D eigenvalue weighted by Crippen LogP contribution is 2.31. The molecule has 20 heavy (non-hydrogen) atoms. The minimum Gasteiger partial charge on any atom is -0.477 e. The number of carboxylic acids is 1. The number of H-pyrrole nitrogens is 1. The molecule has 0 saturated carbocycles. The lowest BCUT2D eigenvalue weighted by Crippen LogP contribution is -2.03. The highest BCUT2D eigenvalue weighted by atomic mass is 16.5. The van der Waals surface area contributed by atoms with Gasteiger partial charge in [0.25, 0.3) is 0 Å². The van der Waals surface area contributed by atoms with Crippen molar-refractivity contribution in [3.05, 3.63) is 41.2 Å². The first-order chi connectivity index (χ1) is 9.63. The molecule has 2 heterocycles. The van der Waals surface area contributed by atoms with Gasteiger partial charge in [0.1, 0.15) is 0 Å². The molecule has 0 fully saturated rings. The molecule has 0 atom stereocenters. The third-order valence-corrected chi connectivity index (χ3v) is 3.49. The van der Waals surface area contributed by atoms with Gasteiger partial charge in [-0.05, 0) is 24.1 Å². The van der Waals surface area contributed by atoms with Crippen LogP contribution in [0.25, 0.3) is 21.8 Å². The Hall–Kier alpha value is -2.40. The second-order valence-electron chi connectivity index (χ2n) is 4.72. The topological polar surface area (TPSA) is 75.2 Å². The smallest absolute Gasteiger partial charge is 0.354 e. The van der Waals surface area contributed by atoms with E-state index in [-0.39, 0.29) is 5.69 Å². The van der Waals surface area contributed by atoms with Gasteiger partial charge in [0.15, 0.2) is 5.69 Å². The Morgan fingerprint density at radius 1 is 1.35 bits per heavy atom. The number of aromatic carboxylic acids is 1. The molecule has 0 amide bonds. The summed E-state index contributed by atoms with van der Waals surface area (Å²) >= 11 is 0. The van der Waals surface area contributed by atoms with Crippen LogP contribution in [0.4, 0.5) is 0 Å². The Morgan fingerprint density at radius 2 is 2.15 bits per heavy atom. The van der Waals surface area contributed by atoms with E-state index in [1.807, 2.05) is 18.2 Å². The summed E-state index contributed by atoms with van der Waals surface area (Å²) in [5.74, 6) is -1.01. The molecule has 102 valence electrons. The van der Waals surface area contributed by atoms with Crippen LogP contribution in [0.15, 0.2) is 24.4 Å². The number of fused-ring (bicyclic) bond motifs is 3. The molecule has 0 aliphatic carbocycles. The first-order valence-corrected chi connectivity index (χ1v) is 6.24. The normalized spacial score (nSPS) is 11.3. The Balaban J connectivity index is 2.46. The van der Waals surface area contributed by atoms with Gasteiger partial charge in [0.05, 0.1) is 18.3 Å². The maximum absolute atomic E-state index is 11.2. The van der Waals surface area contributed by atoms with Crippen molar-refractivity contribution in [3.63, 3.8) is 0 Å². The number of methoxy groups -OCH3 is 1. The molecule has 0 radical (unpaired) electrons. The van der Waals surface area contributed by atoms with Crippen LogP contribution in [-0.4, -0.2) is 28.2 Å². The van der Waals surface area contributed by atoms with E-state index in [0.717, 1.165) is 27.4 Å². The number of nitrogens with one attached hydrogen (secondary N) is 1. The van der Waals surface area contributed by atoms with E-state index >= 15 is 0 Å². The van der Waals surface area contributed by atoms with E-state index in [4.69, 9.17) is 4.74 Å². The van der Waals surface area contributed by atoms with Crippen molar-refractivity contribution in [1.29, 1.82) is 0 Å². The molecule has 0 saturated heterocycles. The summed E-state index contributed by atoms with van der Waals surface area (Å²) in [7, 11) is 1.64. The van der Waals surface area contributed by atoms with Crippen LogP contribution in [0.3, 0.4) is 0 Å². The van der Waals surface area contributed by atoms with Crippen molar-refractivity contribution in [2.45, 2.75) is 13.5 Å². The van der Waals surface area contributed by atoms with Crippen LogP contribution in [0, 0.1) is 6.92 Å². The second-order valence-corrected chi connectivity index (χ2v) is 4.72. The molecule has 1 aromatic carbocycles. The van der Waals surface area contributed by atoms with Crippen LogP contribution in [0.5, 0.6) is 0 Å². The molecule has 0 aliphatic rings. The maximum atomic E-state index is 11.2. The number of pyridine rings is 1. The average Bonchev–Trinajstić information content (AvgIpc) is 2.79. The summed E-state index contributed by atoms with van der Waals surface area (Å²) in [6.45, 7) is 2.27. The van der Waals surface area contributed by atoms with E-state index in [9.17, 15) is 9.90 Å². The van der Waals surface area contributed by atoms with Gasteiger partial charge in [0, 0.05) is 23.4 Å². The van der Waals surface area contributed by atoms with Crippen molar-refractivity contribution in [2.24, 2.45) is 0 Å². The summed E-state index contributed by atoms with van der Waals surface area (Å²) in [6.07, 6.45) is 1.57. The van der Waals surface area contributed by atoms with Gasteiger partial charge in [-0.25, -0.2) is 9.78 Å². The highest BCUT2D eigenvalue weighted by molar-refractivity contribution is 6.12. The van der Waals surface area contributed by atoms with E-state index in [0.29, 0.717) is 12.2 Å². The van der Waals surface area contributed by atoms with Gasteiger partial charge in [-0.2, -0.15) is 0 Å². The first kappa shape index (κ1) is 12.6. The Bertz CT molecular complexity index is 821.